The summed E-state index contributed by atoms with van der Waals surface area (Å²) >= 11 is 0. The molecule has 3 aromatic rings. The monoisotopic (exact) mass is 556 g/mol. The first kappa shape index (κ1) is 25.1. The first-order valence-electron chi connectivity index (χ1n) is 10.1. The van der Waals surface area contributed by atoms with Gasteiger partial charge in [0.25, 0.3) is 0 Å². The van der Waals surface area contributed by atoms with Crippen LogP contribution in [0.15, 0.2) is 58.5 Å². The first-order chi connectivity index (χ1) is 14.5. The minimum atomic E-state index is -3.16. The first-order valence-corrected chi connectivity index (χ1v) is 12.0. The molecule has 168 valence electrons. The van der Waals surface area contributed by atoms with Crippen LogP contribution in [-0.2, 0) is 22.7 Å². The molecule has 0 saturated carbocycles. The minimum Gasteiger partial charge on any atom is -0.357 e. The normalized spacial score (nSPS) is 11.9. The fraction of sp³-hybridized carbons (Fsp3) is 0.381. The van der Waals surface area contributed by atoms with Crippen LogP contribution in [0.25, 0.3) is 5.65 Å². The van der Waals surface area contributed by atoms with Crippen LogP contribution >= 0.6 is 24.0 Å². The van der Waals surface area contributed by atoms with E-state index in [1.165, 1.54) is 6.26 Å². The van der Waals surface area contributed by atoms with Gasteiger partial charge in [-0.25, -0.2) is 8.42 Å². The Kier molecular flexibility index (Phi) is 9.69. The maximum atomic E-state index is 11.5. The van der Waals surface area contributed by atoms with Crippen LogP contribution in [0.2, 0.25) is 0 Å². The Balaban J connectivity index is 0.00000341. The predicted molar refractivity (Wildman–Crippen MR) is 134 cm³/mol. The number of halogens is 1. The number of fused-ring (bicyclic) bond motifs is 1. The zero-order valence-corrected chi connectivity index (χ0v) is 20.9. The van der Waals surface area contributed by atoms with Crippen molar-refractivity contribution in [2.75, 3.05) is 25.9 Å². The summed E-state index contributed by atoms with van der Waals surface area (Å²) in [4.78, 5) is 4.97. The van der Waals surface area contributed by atoms with Gasteiger partial charge in [-0.05, 0) is 49.6 Å². The van der Waals surface area contributed by atoms with Gasteiger partial charge in [0, 0.05) is 38.5 Å². The van der Waals surface area contributed by atoms with Gasteiger partial charge in [0.15, 0.2) is 21.4 Å². The molecular weight excluding hydrogens is 527 g/mol. The SMILES string of the molecule is CCNC(=NCCCc1nnc2ccccn12)NCCc1ccc(S(C)(=O)=O)cc1.I. The van der Waals surface area contributed by atoms with Crippen LogP contribution in [0.4, 0.5) is 0 Å². The average molecular weight is 556 g/mol. The van der Waals surface area contributed by atoms with Crippen LogP contribution in [-0.4, -0.2) is 54.9 Å². The third-order valence-corrected chi connectivity index (χ3v) is 5.74. The van der Waals surface area contributed by atoms with E-state index in [1.807, 2.05) is 47.9 Å². The van der Waals surface area contributed by atoms with Gasteiger partial charge >= 0.3 is 0 Å². The Morgan fingerprint density at radius 2 is 1.84 bits per heavy atom. The van der Waals surface area contributed by atoms with E-state index in [4.69, 9.17) is 0 Å². The van der Waals surface area contributed by atoms with Gasteiger partial charge < -0.3 is 10.6 Å². The van der Waals surface area contributed by atoms with Gasteiger partial charge in [-0.2, -0.15) is 0 Å². The van der Waals surface area contributed by atoms with Crippen molar-refractivity contribution in [3.8, 4) is 0 Å². The zero-order chi connectivity index (χ0) is 21.4. The highest BCUT2D eigenvalue weighted by Crippen LogP contribution is 2.10. The van der Waals surface area contributed by atoms with Crippen LogP contribution in [0.5, 0.6) is 0 Å². The molecule has 0 saturated heterocycles. The van der Waals surface area contributed by atoms with E-state index in [1.54, 1.807) is 12.1 Å². The molecule has 1 aromatic carbocycles. The Hall–Kier alpha value is -2.21. The number of nitrogens with zero attached hydrogens (tertiary/aromatic N) is 4. The number of sulfone groups is 1. The molecule has 0 aliphatic rings. The molecule has 0 bridgehead atoms. The summed E-state index contributed by atoms with van der Waals surface area (Å²) in [6.45, 7) is 4.20. The lowest BCUT2D eigenvalue weighted by atomic mass is 10.1. The highest BCUT2D eigenvalue weighted by molar-refractivity contribution is 14.0. The topological polar surface area (TPSA) is 101 Å². The number of guanidine groups is 1. The average Bonchev–Trinajstić information content (AvgIpc) is 3.14. The van der Waals surface area contributed by atoms with E-state index >= 15 is 0 Å². The highest BCUT2D eigenvalue weighted by Gasteiger charge is 2.06. The Labute approximate surface area is 200 Å². The second-order valence-corrected chi connectivity index (χ2v) is 9.02. The summed E-state index contributed by atoms with van der Waals surface area (Å²) in [5, 5.41) is 15.0. The summed E-state index contributed by atoms with van der Waals surface area (Å²) in [6.07, 6.45) is 5.65. The molecule has 10 heteroatoms. The van der Waals surface area contributed by atoms with Gasteiger partial charge in [0.05, 0.1) is 4.90 Å². The van der Waals surface area contributed by atoms with E-state index in [-0.39, 0.29) is 24.0 Å². The molecule has 0 atom stereocenters. The number of benzene rings is 1. The number of aliphatic imine (C=N–C) groups is 1. The van der Waals surface area contributed by atoms with Crippen molar-refractivity contribution in [2.45, 2.75) is 31.1 Å². The largest absolute Gasteiger partial charge is 0.357 e. The molecule has 0 unspecified atom stereocenters. The fourth-order valence-corrected chi connectivity index (χ4v) is 3.69. The number of rotatable bonds is 9. The van der Waals surface area contributed by atoms with Crippen molar-refractivity contribution >= 4 is 45.4 Å². The smallest absolute Gasteiger partial charge is 0.191 e. The van der Waals surface area contributed by atoms with Crippen LogP contribution in [0, 0.1) is 0 Å². The Morgan fingerprint density at radius 1 is 1.06 bits per heavy atom. The molecule has 2 N–H and O–H groups in total. The lowest BCUT2D eigenvalue weighted by molar-refractivity contribution is 0.602. The third kappa shape index (κ3) is 7.46. The molecule has 0 radical (unpaired) electrons. The number of aromatic nitrogens is 3. The van der Waals surface area contributed by atoms with Crippen molar-refractivity contribution in [3.05, 3.63) is 60.0 Å². The molecule has 0 aliphatic heterocycles. The maximum Gasteiger partial charge on any atom is 0.191 e. The molecule has 0 aliphatic carbocycles. The summed E-state index contributed by atoms with van der Waals surface area (Å²) in [5.74, 6) is 1.72. The van der Waals surface area contributed by atoms with Gasteiger partial charge in [-0.15, -0.1) is 34.2 Å². The Bertz CT molecular complexity index is 1100. The van der Waals surface area contributed by atoms with Crippen molar-refractivity contribution in [1.82, 2.24) is 25.2 Å². The van der Waals surface area contributed by atoms with Crippen LogP contribution < -0.4 is 10.6 Å². The second kappa shape index (κ2) is 12.0. The number of nitrogens with one attached hydrogen (secondary N) is 2. The molecule has 8 nitrogen and oxygen atoms in total. The number of pyridine rings is 1. The standard InChI is InChI=1S/C21H28N6O2S.HI/c1-3-22-21(24-15-13-17-9-11-18(12-10-17)30(2,28)29)23-14-6-8-20-26-25-19-7-4-5-16-27(19)20;/h4-5,7,9-12,16H,3,6,8,13-15H2,1-2H3,(H2,22,23,24);1H. The number of aryl methyl sites for hydroxylation is 1. The molecule has 31 heavy (non-hydrogen) atoms. The van der Waals surface area contributed by atoms with Crippen molar-refractivity contribution in [3.63, 3.8) is 0 Å². The summed E-state index contributed by atoms with van der Waals surface area (Å²) in [5.41, 5.74) is 1.93. The van der Waals surface area contributed by atoms with Gasteiger partial charge in [-0.1, -0.05) is 18.2 Å². The molecule has 0 spiro atoms. The molecule has 0 amide bonds. The van der Waals surface area contributed by atoms with Gasteiger partial charge in [-0.3, -0.25) is 9.39 Å². The molecule has 0 fully saturated rings. The molecule has 3 rings (SSSR count). The second-order valence-electron chi connectivity index (χ2n) is 7.00. The number of hydrogen-bond acceptors (Lipinski definition) is 5. The molecule has 2 aromatic heterocycles. The minimum absolute atomic E-state index is 0. The third-order valence-electron chi connectivity index (χ3n) is 4.61. The highest BCUT2D eigenvalue weighted by atomic mass is 127. The molecular formula is C21H29IN6O2S. The van der Waals surface area contributed by atoms with Crippen molar-refractivity contribution < 1.29 is 8.42 Å². The van der Waals surface area contributed by atoms with Crippen molar-refractivity contribution in [1.29, 1.82) is 0 Å². The summed E-state index contributed by atoms with van der Waals surface area (Å²) < 4.78 is 25.1. The zero-order valence-electron chi connectivity index (χ0n) is 17.8. The lowest BCUT2D eigenvalue weighted by Gasteiger charge is -2.11. The van der Waals surface area contributed by atoms with E-state index < -0.39 is 9.84 Å². The van der Waals surface area contributed by atoms with E-state index in [2.05, 4.69) is 25.8 Å². The summed E-state index contributed by atoms with van der Waals surface area (Å²) in [6, 6.07) is 12.9. The maximum absolute atomic E-state index is 11.5. The Morgan fingerprint density at radius 3 is 2.55 bits per heavy atom. The quantitative estimate of drug-likeness (QED) is 0.182. The van der Waals surface area contributed by atoms with Crippen LogP contribution in [0.3, 0.4) is 0 Å². The van der Waals surface area contributed by atoms with E-state index in [0.29, 0.717) is 18.0 Å². The fourth-order valence-electron chi connectivity index (χ4n) is 3.06. The lowest BCUT2D eigenvalue weighted by Crippen LogP contribution is -2.38. The predicted octanol–water partition coefficient (Wildman–Crippen LogP) is 2.48. The number of hydrogen-bond donors (Lipinski definition) is 2. The van der Waals surface area contributed by atoms with Gasteiger partial charge in [0.2, 0.25) is 0 Å². The summed E-state index contributed by atoms with van der Waals surface area (Å²) in [7, 11) is -3.16. The van der Waals surface area contributed by atoms with Crippen molar-refractivity contribution in [2.24, 2.45) is 4.99 Å². The van der Waals surface area contributed by atoms with E-state index in [9.17, 15) is 8.42 Å². The molecule has 2 heterocycles. The van der Waals surface area contributed by atoms with Crippen LogP contribution in [0.1, 0.15) is 24.7 Å². The van der Waals surface area contributed by atoms with Gasteiger partial charge in [0.1, 0.15) is 5.82 Å². The van der Waals surface area contributed by atoms with E-state index in [0.717, 1.165) is 48.8 Å².